The molecule has 0 unspecified atom stereocenters. The molecule has 8 heteroatoms. The van der Waals surface area contributed by atoms with Gasteiger partial charge < -0.3 is 10.2 Å². The number of nitrogens with one attached hydrogen (secondary N) is 1. The molecule has 0 aromatic heterocycles. The Morgan fingerprint density at radius 3 is 2.17 bits per heavy atom. The molecule has 7 nitrogen and oxygen atoms in total. The number of sulfonamides is 1. The Hall–Kier alpha value is -3.65. The summed E-state index contributed by atoms with van der Waals surface area (Å²) in [7, 11) is -4.08. The Morgan fingerprint density at radius 2 is 1.52 bits per heavy atom. The molecule has 1 saturated carbocycles. The minimum Gasteiger partial charge on any atom is -0.352 e. The van der Waals surface area contributed by atoms with E-state index in [1.807, 2.05) is 57.2 Å². The summed E-state index contributed by atoms with van der Waals surface area (Å²) >= 11 is 0. The molecule has 1 N–H and O–H groups in total. The highest BCUT2D eigenvalue weighted by Gasteiger charge is 2.33. The summed E-state index contributed by atoms with van der Waals surface area (Å²) in [6.07, 6.45) is 4.02. The largest absolute Gasteiger partial charge is 0.352 e. The van der Waals surface area contributed by atoms with Crippen molar-refractivity contribution in [3.63, 3.8) is 0 Å². The van der Waals surface area contributed by atoms with E-state index in [-0.39, 0.29) is 23.4 Å². The minimum atomic E-state index is -4.08. The van der Waals surface area contributed by atoms with E-state index in [1.54, 1.807) is 31.2 Å². The first kappa shape index (κ1) is 29.3. The highest BCUT2D eigenvalue weighted by atomic mass is 32.2. The van der Waals surface area contributed by atoms with Gasteiger partial charge in [-0.2, -0.15) is 0 Å². The summed E-state index contributed by atoms with van der Waals surface area (Å²) in [6.45, 7) is 7.16. The van der Waals surface area contributed by atoms with Gasteiger partial charge in [-0.1, -0.05) is 73.0 Å². The second-order valence-corrected chi connectivity index (χ2v) is 12.7. The minimum absolute atomic E-state index is 0.0980. The molecule has 3 aromatic carbocycles. The van der Waals surface area contributed by atoms with Crippen LogP contribution in [0.3, 0.4) is 0 Å². The molecule has 0 aliphatic heterocycles. The second kappa shape index (κ2) is 12.7. The molecule has 4 rings (SSSR count). The first-order valence-corrected chi connectivity index (χ1v) is 15.3. The quantitative estimate of drug-likeness (QED) is 0.365. The van der Waals surface area contributed by atoms with Crippen molar-refractivity contribution in [3.05, 3.63) is 95.1 Å². The summed E-state index contributed by atoms with van der Waals surface area (Å²) in [5.41, 5.74) is 4.00. The lowest BCUT2D eigenvalue weighted by molar-refractivity contribution is -0.139. The van der Waals surface area contributed by atoms with E-state index in [9.17, 15) is 18.0 Å². The molecule has 0 spiro atoms. The third kappa shape index (κ3) is 6.91. The number of carbonyl (C=O) groups is 2. The molecule has 40 heavy (non-hydrogen) atoms. The zero-order valence-electron chi connectivity index (χ0n) is 23.8. The van der Waals surface area contributed by atoms with Gasteiger partial charge in [-0.3, -0.25) is 13.9 Å². The SMILES string of the molecule is Cc1ccc(CN(C(=O)CN(c2cc(C)ccc2C)S(=O)(=O)c2ccccc2)[C@H](C)C(=O)NC2CCCC2)cc1. The van der Waals surface area contributed by atoms with E-state index < -0.39 is 28.5 Å². The van der Waals surface area contributed by atoms with Crippen LogP contribution in [0, 0.1) is 20.8 Å². The van der Waals surface area contributed by atoms with E-state index in [2.05, 4.69) is 5.32 Å². The van der Waals surface area contributed by atoms with Gasteiger partial charge in [0.1, 0.15) is 12.6 Å². The average Bonchev–Trinajstić information content (AvgIpc) is 3.45. The zero-order chi connectivity index (χ0) is 28.9. The maximum absolute atomic E-state index is 14.1. The number of carbonyl (C=O) groups excluding carboxylic acids is 2. The lowest BCUT2D eigenvalue weighted by Crippen LogP contribution is -2.52. The maximum Gasteiger partial charge on any atom is 0.264 e. The molecule has 1 aliphatic rings. The van der Waals surface area contributed by atoms with Gasteiger partial charge in [-0.25, -0.2) is 8.42 Å². The fourth-order valence-corrected chi connectivity index (χ4v) is 6.58. The molecule has 3 aromatic rings. The normalized spacial score (nSPS) is 14.5. The molecule has 0 saturated heterocycles. The summed E-state index contributed by atoms with van der Waals surface area (Å²) in [5.74, 6) is -0.674. The number of anilines is 1. The molecule has 0 heterocycles. The zero-order valence-corrected chi connectivity index (χ0v) is 24.6. The van der Waals surface area contributed by atoms with Crippen molar-refractivity contribution in [2.45, 2.75) is 76.9 Å². The van der Waals surface area contributed by atoms with Crippen LogP contribution in [-0.2, 0) is 26.2 Å². The highest BCUT2D eigenvalue weighted by Crippen LogP contribution is 2.28. The van der Waals surface area contributed by atoms with Crippen molar-refractivity contribution in [3.8, 4) is 0 Å². The van der Waals surface area contributed by atoms with Crippen molar-refractivity contribution in [2.75, 3.05) is 10.8 Å². The van der Waals surface area contributed by atoms with Gasteiger partial charge in [0, 0.05) is 12.6 Å². The van der Waals surface area contributed by atoms with Crippen molar-refractivity contribution >= 4 is 27.5 Å². The average molecular weight is 562 g/mol. The number of rotatable bonds is 10. The van der Waals surface area contributed by atoms with E-state index in [0.29, 0.717) is 5.69 Å². The second-order valence-electron chi connectivity index (χ2n) is 10.8. The molecule has 0 bridgehead atoms. The number of hydrogen-bond acceptors (Lipinski definition) is 4. The Balaban J connectivity index is 1.70. The number of hydrogen-bond donors (Lipinski definition) is 1. The van der Waals surface area contributed by atoms with Gasteiger partial charge in [-0.15, -0.1) is 0 Å². The van der Waals surface area contributed by atoms with Crippen LogP contribution in [0.2, 0.25) is 0 Å². The topological polar surface area (TPSA) is 86.8 Å². The molecule has 0 radical (unpaired) electrons. The van der Waals surface area contributed by atoms with Crippen LogP contribution in [0.4, 0.5) is 5.69 Å². The van der Waals surface area contributed by atoms with Crippen LogP contribution < -0.4 is 9.62 Å². The van der Waals surface area contributed by atoms with Gasteiger partial charge in [0.15, 0.2) is 0 Å². The van der Waals surface area contributed by atoms with E-state index >= 15 is 0 Å². The maximum atomic E-state index is 14.1. The highest BCUT2D eigenvalue weighted by molar-refractivity contribution is 7.92. The fourth-order valence-electron chi connectivity index (χ4n) is 5.09. The number of aryl methyl sites for hydroxylation is 3. The lowest BCUT2D eigenvalue weighted by atomic mass is 10.1. The third-order valence-electron chi connectivity index (χ3n) is 7.59. The van der Waals surface area contributed by atoms with Gasteiger partial charge >= 0.3 is 0 Å². The molecule has 1 atom stereocenters. The number of benzene rings is 3. The van der Waals surface area contributed by atoms with Crippen LogP contribution in [0.5, 0.6) is 0 Å². The van der Waals surface area contributed by atoms with Gasteiger partial charge in [0.25, 0.3) is 10.0 Å². The van der Waals surface area contributed by atoms with E-state index in [0.717, 1.165) is 47.9 Å². The third-order valence-corrected chi connectivity index (χ3v) is 9.36. The van der Waals surface area contributed by atoms with Crippen LogP contribution in [-0.4, -0.2) is 43.8 Å². The Labute approximate surface area is 238 Å². The Morgan fingerprint density at radius 1 is 0.900 bits per heavy atom. The first-order valence-electron chi connectivity index (χ1n) is 13.9. The Kier molecular flexibility index (Phi) is 9.30. The van der Waals surface area contributed by atoms with Crippen LogP contribution in [0.15, 0.2) is 77.7 Å². The standard InChI is InChI=1S/C32H39N3O4S/c1-23-15-18-27(19-16-23)21-34(26(4)32(37)33-28-10-8-9-11-28)31(36)22-35(30-20-24(2)14-17-25(30)3)40(38,39)29-12-6-5-7-13-29/h5-7,12-20,26,28H,8-11,21-22H2,1-4H3,(H,33,37)/t26-/m1/s1. The van der Waals surface area contributed by atoms with Crippen molar-refractivity contribution in [2.24, 2.45) is 0 Å². The predicted octanol–water partition coefficient (Wildman–Crippen LogP) is 5.28. The molecule has 1 aliphatic carbocycles. The number of amides is 2. The number of nitrogens with zero attached hydrogens (tertiary/aromatic N) is 2. The molecule has 1 fully saturated rings. The first-order chi connectivity index (χ1) is 19.1. The summed E-state index contributed by atoms with van der Waals surface area (Å²) in [6, 6.07) is 20.8. The summed E-state index contributed by atoms with van der Waals surface area (Å²) < 4.78 is 29.1. The predicted molar refractivity (Wildman–Crippen MR) is 158 cm³/mol. The smallest absolute Gasteiger partial charge is 0.264 e. The molecular formula is C32H39N3O4S. The van der Waals surface area contributed by atoms with Crippen molar-refractivity contribution in [1.29, 1.82) is 0 Å². The summed E-state index contributed by atoms with van der Waals surface area (Å²) in [4.78, 5) is 29.0. The van der Waals surface area contributed by atoms with Crippen LogP contribution >= 0.6 is 0 Å². The van der Waals surface area contributed by atoms with Crippen molar-refractivity contribution < 1.29 is 18.0 Å². The van der Waals surface area contributed by atoms with Gasteiger partial charge in [0.2, 0.25) is 11.8 Å². The van der Waals surface area contributed by atoms with Crippen LogP contribution in [0.1, 0.15) is 54.9 Å². The Bertz CT molecular complexity index is 1430. The fraction of sp³-hybridized carbons (Fsp3) is 0.375. The molecule has 2 amide bonds. The van der Waals surface area contributed by atoms with Crippen molar-refractivity contribution in [1.82, 2.24) is 10.2 Å². The van der Waals surface area contributed by atoms with E-state index in [1.165, 1.54) is 21.3 Å². The summed E-state index contributed by atoms with van der Waals surface area (Å²) in [5, 5.41) is 3.10. The lowest BCUT2D eigenvalue weighted by Gasteiger charge is -2.33. The van der Waals surface area contributed by atoms with Gasteiger partial charge in [0.05, 0.1) is 10.6 Å². The van der Waals surface area contributed by atoms with Crippen LogP contribution in [0.25, 0.3) is 0 Å². The monoisotopic (exact) mass is 561 g/mol. The molecule has 212 valence electrons. The molecular weight excluding hydrogens is 522 g/mol. The van der Waals surface area contributed by atoms with E-state index in [4.69, 9.17) is 0 Å². The van der Waals surface area contributed by atoms with Gasteiger partial charge in [-0.05, 0) is 75.4 Å².